The third-order valence-electron chi connectivity index (χ3n) is 2.14. The van der Waals surface area contributed by atoms with Crippen molar-refractivity contribution >= 4 is 15.8 Å². The van der Waals surface area contributed by atoms with Crippen LogP contribution in [0, 0.1) is 0 Å². The van der Waals surface area contributed by atoms with Crippen LogP contribution in [0.4, 0.5) is 0 Å². The summed E-state index contributed by atoms with van der Waals surface area (Å²) in [4.78, 5) is 10.5. The first kappa shape index (κ1) is 12.8. The predicted molar refractivity (Wildman–Crippen MR) is 58.0 cm³/mol. The van der Waals surface area contributed by atoms with Crippen LogP contribution in [0.2, 0.25) is 0 Å². The number of carbonyl (C=O) groups is 1. The van der Waals surface area contributed by atoms with E-state index in [1.807, 2.05) is 0 Å². The summed E-state index contributed by atoms with van der Waals surface area (Å²) in [5.74, 6) is -1.60. The summed E-state index contributed by atoms with van der Waals surface area (Å²) in [6.45, 7) is 4.76. The highest BCUT2D eigenvalue weighted by Gasteiger charge is 2.30. The van der Waals surface area contributed by atoms with Crippen molar-refractivity contribution in [2.45, 2.75) is 31.3 Å². The van der Waals surface area contributed by atoms with Gasteiger partial charge in [-0.25, -0.2) is 13.2 Å². The summed E-state index contributed by atoms with van der Waals surface area (Å²) in [5, 5.41) is 8.61. The lowest BCUT2D eigenvalue weighted by atomic mass is 10.3. The van der Waals surface area contributed by atoms with E-state index in [0.29, 0.717) is 0 Å². The molecule has 0 aliphatic carbocycles. The standard InChI is InChI=1S/C10H14O5S/c1-10(2,3)16(13,14)6-7-4-5-8(15-7)9(11)12/h4-5H,6H2,1-3H3,(H,11,12). The Kier molecular flexibility index (Phi) is 3.14. The molecule has 0 aromatic carbocycles. The Labute approximate surface area is 94.0 Å². The first-order valence-corrected chi connectivity index (χ1v) is 6.33. The lowest BCUT2D eigenvalue weighted by Gasteiger charge is -2.17. The Hall–Kier alpha value is -1.30. The van der Waals surface area contributed by atoms with E-state index in [0.717, 1.165) is 0 Å². The molecule has 0 saturated carbocycles. The Balaban J connectivity index is 2.94. The smallest absolute Gasteiger partial charge is 0.371 e. The summed E-state index contributed by atoms with van der Waals surface area (Å²) in [6, 6.07) is 2.61. The molecule has 0 atom stereocenters. The van der Waals surface area contributed by atoms with Gasteiger partial charge < -0.3 is 9.52 Å². The van der Waals surface area contributed by atoms with Crippen LogP contribution >= 0.6 is 0 Å². The molecule has 0 fully saturated rings. The van der Waals surface area contributed by atoms with Gasteiger partial charge in [-0.05, 0) is 32.9 Å². The number of furan rings is 1. The maximum absolute atomic E-state index is 11.8. The molecule has 1 aromatic heterocycles. The molecule has 0 bridgehead atoms. The quantitative estimate of drug-likeness (QED) is 0.877. The monoisotopic (exact) mass is 246 g/mol. The Morgan fingerprint density at radius 1 is 1.38 bits per heavy atom. The Morgan fingerprint density at radius 2 is 1.94 bits per heavy atom. The minimum Gasteiger partial charge on any atom is -0.475 e. The van der Waals surface area contributed by atoms with Crippen molar-refractivity contribution in [3.63, 3.8) is 0 Å². The second kappa shape index (κ2) is 3.93. The molecule has 1 aromatic rings. The van der Waals surface area contributed by atoms with E-state index in [-0.39, 0.29) is 17.3 Å². The maximum Gasteiger partial charge on any atom is 0.371 e. The van der Waals surface area contributed by atoms with Crippen LogP contribution < -0.4 is 0 Å². The van der Waals surface area contributed by atoms with Crippen LogP contribution in [0.25, 0.3) is 0 Å². The molecule has 16 heavy (non-hydrogen) atoms. The summed E-state index contributed by atoms with van der Waals surface area (Å²) < 4.78 is 27.6. The minimum absolute atomic E-state index is 0.146. The van der Waals surface area contributed by atoms with Gasteiger partial charge >= 0.3 is 5.97 Å². The van der Waals surface area contributed by atoms with Crippen molar-refractivity contribution in [2.75, 3.05) is 0 Å². The maximum atomic E-state index is 11.8. The van der Waals surface area contributed by atoms with Gasteiger partial charge in [-0.1, -0.05) is 0 Å². The molecule has 1 heterocycles. The van der Waals surface area contributed by atoms with Gasteiger partial charge in [0.2, 0.25) is 5.76 Å². The fraction of sp³-hybridized carbons (Fsp3) is 0.500. The number of sulfone groups is 1. The zero-order valence-corrected chi connectivity index (χ0v) is 10.2. The molecule has 6 heteroatoms. The second-order valence-electron chi connectivity index (χ2n) is 4.44. The van der Waals surface area contributed by atoms with Crippen molar-refractivity contribution in [1.29, 1.82) is 0 Å². The molecule has 0 radical (unpaired) electrons. The van der Waals surface area contributed by atoms with Gasteiger partial charge in [0.05, 0.1) is 4.75 Å². The zero-order valence-electron chi connectivity index (χ0n) is 9.35. The fourth-order valence-electron chi connectivity index (χ4n) is 0.974. The SMILES string of the molecule is CC(C)(C)S(=O)(=O)Cc1ccc(C(=O)O)o1. The fourth-order valence-corrected chi connectivity index (χ4v) is 1.94. The van der Waals surface area contributed by atoms with Gasteiger partial charge in [-0.3, -0.25) is 0 Å². The normalized spacial score (nSPS) is 12.7. The molecular weight excluding hydrogens is 232 g/mol. The van der Waals surface area contributed by atoms with Crippen molar-refractivity contribution < 1.29 is 22.7 Å². The van der Waals surface area contributed by atoms with Crippen molar-refractivity contribution in [1.82, 2.24) is 0 Å². The van der Waals surface area contributed by atoms with Gasteiger partial charge in [0.25, 0.3) is 0 Å². The van der Waals surface area contributed by atoms with E-state index in [2.05, 4.69) is 0 Å². The third-order valence-corrected chi connectivity index (χ3v) is 4.67. The highest BCUT2D eigenvalue weighted by molar-refractivity contribution is 7.91. The average Bonchev–Trinajstić information content (AvgIpc) is 2.49. The van der Waals surface area contributed by atoms with Gasteiger partial charge in [0.1, 0.15) is 11.5 Å². The van der Waals surface area contributed by atoms with E-state index >= 15 is 0 Å². The van der Waals surface area contributed by atoms with Gasteiger partial charge in [0, 0.05) is 0 Å². The number of aromatic carboxylic acids is 1. The van der Waals surface area contributed by atoms with E-state index < -0.39 is 20.6 Å². The van der Waals surface area contributed by atoms with Crippen LogP contribution in [0.1, 0.15) is 37.1 Å². The average molecular weight is 246 g/mol. The predicted octanol–water partition coefficient (Wildman–Crippen LogP) is 1.69. The topological polar surface area (TPSA) is 84.6 Å². The molecule has 0 aliphatic heterocycles. The first-order valence-electron chi connectivity index (χ1n) is 4.68. The highest BCUT2D eigenvalue weighted by Crippen LogP contribution is 2.21. The second-order valence-corrected chi connectivity index (χ2v) is 7.19. The molecule has 0 spiro atoms. The molecule has 1 N–H and O–H groups in total. The third kappa shape index (κ3) is 2.63. The van der Waals surface area contributed by atoms with Crippen LogP contribution in [0.5, 0.6) is 0 Å². The number of carboxylic acid groups (broad SMARTS) is 1. The van der Waals surface area contributed by atoms with Crippen molar-refractivity contribution in [3.05, 3.63) is 23.7 Å². The number of carboxylic acids is 1. The Morgan fingerprint density at radius 3 is 2.31 bits per heavy atom. The lowest BCUT2D eigenvalue weighted by molar-refractivity contribution is 0.0660. The Bertz CT molecular complexity index is 490. The lowest BCUT2D eigenvalue weighted by Crippen LogP contribution is -2.29. The van der Waals surface area contributed by atoms with Gasteiger partial charge in [-0.2, -0.15) is 0 Å². The van der Waals surface area contributed by atoms with E-state index in [1.165, 1.54) is 12.1 Å². The highest BCUT2D eigenvalue weighted by atomic mass is 32.2. The van der Waals surface area contributed by atoms with Gasteiger partial charge in [-0.15, -0.1) is 0 Å². The van der Waals surface area contributed by atoms with Crippen LogP contribution in [0.3, 0.4) is 0 Å². The van der Waals surface area contributed by atoms with E-state index in [4.69, 9.17) is 9.52 Å². The summed E-state index contributed by atoms with van der Waals surface area (Å²) in [6.07, 6.45) is 0. The molecular formula is C10H14O5S. The van der Waals surface area contributed by atoms with Crippen molar-refractivity contribution in [2.24, 2.45) is 0 Å². The number of rotatable bonds is 3. The first-order chi connectivity index (χ1) is 7.13. The summed E-state index contributed by atoms with van der Waals surface area (Å²) >= 11 is 0. The van der Waals surface area contributed by atoms with Gasteiger partial charge in [0.15, 0.2) is 9.84 Å². The summed E-state index contributed by atoms with van der Waals surface area (Å²) in [5.41, 5.74) is 0. The molecule has 5 nitrogen and oxygen atoms in total. The van der Waals surface area contributed by atoms with Crippen LogP contribution in [0.15, 0.2) is 16.5 Å². The molecule has 0 unspecified atom stereocenters. The van der Waals surface area contributed by atoms with Crippen LogP contribution in [-0.2, 0) is 15.6 Å². The van der Waals surface area contributed by atoms with E-state index in [1.54, 1.807) is 20.8 Å². The summed E-state index contributed by atoms with van der Waals surface area (Å²) in [7, 11) is -3.35. The molecule has 1 rings (SSSR count). The molecule has 0 saturated heterocycles. The van der Waals surface area contributed by atoms with E-state index in [9.17, 15) is 13.2 Å². The molecule has 90 valence electrons. The minimum atomic E-state index is -3.35. The van der Waals surface area contributed by atoms with Crippen LogP contribution in [-0.4, -0.2) is 24.2 Å². The molecule has 0 aliphatic rings. The number of hydrogen-bond donors (Lipinski definition) is 1. The number of hydrogen-bond acceptors (Lipinski definition) is 4. The molecule has 0 amide bonds. The zero-order chi connectivity index (χ0) is 12.6. The van der Waals surface area contributed by atoms with Crippen molar-refractivity contribution in [3.8, 4) is 0 Å². The largest absolute Gasteiger partial charge is 0.475 e.